The minimum Gasteiger partial charge on any atom is -0.497 e. The van der Waals surface area contributed by atoms with Gasteiger partial charge in [-0.1, -0.05) is 25.1 Å². The van der Waals surface area contributed by atoms with Gasteiger partial charge < -0.3 is 14.0 Å². The normalized spacial score (nSPS) is 11.1. The van der Waals surface area contributed by atoms with Crippen molar-refractivity contribution in [3.8, 4) is 11.5 Å². The molecule has 0 radical (unpaired) electrons. The molecule has 28 heavy (non-hydrogen) atoms. The number of rotatable bonds is 7. The topological polar surface area (TPSA) is 64.9 Å². The molecule has 2 aromatic carbocycles. The quantitative estimate of drug-likeness (QED) is 0.496. The number of hydrogen-bond acceptors (Lipinski definition) is 4. The predicted octanol–water partition coefficient (Wildman–Crippen LogP) is 4.14. The van der Waals surface area contributed by atoms with Crippen LogP contribution in [-0.2, 0) is 6.54 Å². The number of para-hydroxylation sites is 1. The van der Waals surface area contributed by atoms with Crippen LogP contribution in [0.3, 0.4) is 0 Å². The number of methoxy groups -OCH3 is 2. The highest BCUT2D eigenvalue weighted by Crippen LogP contribution is 2.25. The lowest BCUT2D eigenvalue weighted by Gasteiger charge is -2.07. The zero-order valence-electron chi connectivity index (χ0n) is 16.7. The first-order chi connectivity index (χ1) is 13.6. The van der Waals surface area contributed by atoms with Gasteiger partial charge in [0.1, 0.15) is 11.5 Å². The van der Waals surface area contributed by atoms with Gasteiger partial charge in [0.2, 0.25) is 0 Å². The number of carbonyl (C=O) groups excluding carboxylic acids is 1. The molecule has 0 aliphatic heterocycles. The highest BCUT2D eigenvalue weighted by atomic mass is 16.5. The second kappa shape index (κ2) is 8.61. The zero-order valence-corrected chi connectivity index (χ0v) is 16.7. The van der Waals surface area contributed by atoms with Crippen LogP contribution in [0, 0.1) is 6.92 Å². The minimum atomic E-state index is -0.330. The number of nitrogens with zero attached hydrogens (tertiary/aromatic N) is 2. The summed E-state index contributed by atoms with van der Waals surface area (Å²) in [5.41, 5.74) is 6.32. The zero-order chi connectivity index (χ0) is 20.1. The van der Waals surface area contributed by atoms with Gasteiger partial charge in [-0.3, -0.25) is 4.79 Å². The molecule has 1 aromatic heterocycles. The van der Waals surface area contributed by atoms with Gasteiger partial charge in [-0.15, -0.1) is 0 Å². The lowest BCUT2D eigenvalue weighted by atomic mass is 10.1. The summed E-state index contributed by atoms with van der Waals surface area (Å²) < 4.78 is 12.7. The minimum absolute atomic E-state index is 0.330. The van der Waals surface area contributed by atoms with Gasteiger partial charge in [-0.2, -0.15) is 5.10 Å². The fraction of sp³-hybridized carbons (Fsp3) is 0.273. The van der Waals surface area contributed by atoms with E-state index in [9.17, 15) is 4.79 Å². The van der Waals surface area contributed by atoms with Crippen LogP contribution in [0.25, 0.3) is 10.9 Å². The molecule has 0 atom stereocenters. The van der Waals surface area contributed by atoms with Crippen molar-refractivity contribution in [3.63, 3.8) is 0 Å². The Balaban J connectivity index is 1.85. The number of aromatic nitrogens is 1. The van der Waals surface area contributed by atoms with E-state index < -0.39 is 0 Å². The molecule has 146 valence electrons. The van der Waals surface area contributed by atoms with Crippen molar-refractivity contribution < 1.29 is 14.3 Å². The molecule has 0 saturated heterocycles. The van der Waals surface area contributed by atoms with Crippen molar-refractivity contribution in [2.45, 2.75) is 26.8 Å². The number of amides is 1. The van der Waals surface area contributed by atoms with Crippen LogP contribution in [0.2, 0.25) is 0 Å². The summed E-state index contributed by atoms with van der Waals surface area (Å²) in [5.74, 6) is 0.766. The van der Waals surface area contributed by atoms with Gasteiger partial charge in [0.05, 0.1) is 20.4 Å². The number of benzene rings is 2. The first kappa shape index (κ1) is 19.5. The van der Waals surface area contributed by atoms with Gasteiger partial charge in [0.15, 0.2) is 0 Å². The maximum Gasteiger partial charge on any atom is 0.271 e. The third kappa shape index (κ3) is 3.86. The third-order valence-electron chi connectivity index (χ3n) is 4.70. The van der Waals surface area contributed by atoms with E-state index in [0.29, 0.717) is 17.1 Å². The van der Waals surface area contributed by atoms with E-state index >= 15 is 0 Å². The Morgan fingerprint density at radius 1 is 1.14 bits per heavy atom. The van der Waals surface area contributed by atoms with E-state index in [4.69, 9.17) is 9.47 Å². The van der Waals surface area contributed by atoms with Crippen LogP contribution in [-0.4, -0.2) is 30.9 Å². The van der Waals surface area contributed by atoms with Gasteiger partial charge >= 0.3 is 0 Å². The lowest BCUT2D eigenvalue weighted by molar-refractivity contribution is 0.0954. The predicted molar refractivity (Wildman–Crippen MR) is 112 cm³/mol. The van der Waals surface area contributed by atoms with Crippen molar-refractivity contribution in [2.75, 3.05) is 14.2 Å². The fourth-order valence-electron chi connectivity index (χ4n) is 3.29. The SMILES string of the molecule is CCCn1c(C)c(/C=N\NC(=O)c2cc(OC)cc(OC)c2)c2ccccc21. The van der Waals surface area contributed by atoms with Gasteiger partial charge in [0.25, 0.3) is 5.91 Å². The maximum atomic E-state index is 12.5. The Hall–Kier alpha value is -3.28. The third-order valence-corrected chi connectivity index (χ3v) is 4.70. The van der Waals surface area contributed by atoms with Crippen molar-refractivity contribution in [2.24, 2.45) is 5.10 Å². The van der Waals surface area contributed by atoms with Crippen molar-refractivity contribution in [1.29, 1.82) is 0 Å². The second-order valence-electron chi connectivity index (χ2n) is 6.47. The highest BCUT2D eigenvalue weighted by Gasteiger charge is 2.12. The summed E-state index contributed by atoms with van der Waals surface area (Å²) in [6.45, 7) is 5.17. The van der Waals surface area contributed by atoms with Gasteiger partial charge in [-0.05, 0) is 31.5 Å². The first-order valence-electron chi connectivity index (χ1n) is 9.23. The monoisotopic (exact) mass is 379 g/mol. The molecule has 6 heteroatoms. The van der Waals surface area contributed by atoms with Crippen molar-refractivity contribution in [3.05, 3.63) is 59.3 Å². The second-order valence-corrected chi connectivity index (χ2v) is 6.47. The molecule has 0 unspecified atom stereocenters. The molecule has 1 amide bonds. The van der Waals surface area contributed by atoms with E-state index in [1.807, 2.05) is 12.1 Å². The average molecular weight is 379 g/mol. The molecule has 0 saturated carbocycles. The van der Waals surface area contributed by atoms with Gasteiger partial charge in [-0.25, -0.2) is 5.43 Å². The molecular formula is C22H25N3O3. The average Bonchev–Trinajstić information content (AvgIpc) is 2.99. The molecule has 1 N–H and O–H groups in total. The van der Waals surface area contributed by atoms with Crippen molar-refractivity contribution in [1.82, 2.24) is 9.99 Å². The summed E-state index contributed by atoms with van der Waals surface area (Å²) in [5, 5.41) is 5.31. The van der Waals surface area contributed by atoms with Crippen LogP contribution >= 0.6 is 0 Å². The molecule has 1 heterocycles. The molecule has 0 bridgehead atoms. The number of hydrogen-bond donors (Lipinski definition) is 1. The molecular weight excluding hydrogens is 354 g/mol. The molecule has 3 rings (SSSR count). The number of fused-ring (bicyclic) bond motifs is 1. The molecule has 0 aliphatic carbocycles. The van der Waals surface area contributed by atoms with E-state index in [-0.39, 0.29) is 5.91 Å². The molecule has 0 spiro atoms. The summed E-state index contributed by atoms with van der Waals surface area (Å²) in [4.78, 5) is 12.5. The number of carbonyl (C=O) groups is 1. The van der Waals surface area contributed by atoms with E-state index in [1.54, 1.807) is 38.6 Å². The van der Waals surface area contributed by atoms with E-state index in [0.717, 1.165) is 29.6 Å². The summed E-state index contributed by atoms with van der Waals surface area (Å²) in [6.07, 6.45) is 2.75. The maximum absolute atomic E-state index is 12.5. The lowest BCUT2D eigenvalue weighted by Crippen LogP contribution is -2.17. The molecule has 6 nitrogen and oxygen atoms in total. The smallest absolute Gasteiger partial charge is 0.271 e. The Labute approximate surface area is 164 Å². The molecule has 0 fully saturated rings. The largest absolute Gasteiger partial charge is 0.497 e. The van der Waals surface area contributed by atoms with Crippen LogP contribution < -0.4 is 14.9 Å². The van der Waals surface area contributed by atoms with E-state index in [1.165, 1.54) is 5.52 Å². The van der Waals surface area contributed by atoms with Crippen LogP contribution in [0.4, 0.5) is 0 Å². The summed E-state index contributed by atoms with van der Waals surface area (Å²) in [6, 6.07) is 13.2. The molecule has 0 aliphatic rings. The summed E-state index contributed by atoms with van der Waals surface area (Å²) >= 11 is 0. The number of hydrazone groups is 1. The van der Waals surface area contributed by atoms with Crippen LogP contribution in [0.15, 0.2) is 47.6 Å². The number of ether oxygens (including phenoxy) is 2. The Kier molecular flexibility index (Phi) is 5.99. The Morgan fingerprint density at radius 2 is 1.82 bits per heavy atom. The highest BCUT2D eigenvalue weighted by molar-refractivity contribution is 6.02. The van der Waals surface area contributed by atoms with Gasteiger partial charge in [0, 0.05) is 40.3 Å². The van der Waals surface area contributed by atoms with Crippen LogP contribution in [0.5, 0.6) is 11.5 Å². The van der Waals surface area contributed by atoms with Crippen LogP contribution in [0.1, 0.15) is 35.0 Å². The number of nitrogens with one attached hydrogen (secondary N) is 1. The first-order valence-corrected chi connectivity index (χ1v) is 9.23. The van der Waals surface area contributed by atoms with Crippen molar-refractivity contribution >= 4 is 23.0 Å². The number of aryl methyl sites for hydroxylation is 1. The Bertz CT molecular complexity index is 999. The molecule has 3 aromatic rings. The summed E-state index contributed by atoms with van der Waals surface area (Å²) in [7, 11) is 3.09. The van der Waals surface area contributed by atoms with E-state index in [2.05, 4.69) is 41.1 Å². The Morgan fingerprint density at radius 3 is 2.46 bits per heavy atom. The standard InChI is InChI=1S/C22H25N3O3/c1-5-10-25-15(2)20(19-8-6-7-9-21(19)25)14-23-24-22(26)16-11-17(27-3)13-18(12-16)28-4/h6-9,11-14H,5,10H2,1-4H3,(H,24,26)/b23-14-. The fourth-order valence-corrected chi connectivity index (χ4v) is 3.29.